The summed E-state index contributed by atoms with van der Waals surface area (Å²) < 4.78 is 10.6. The van der Waals surface area contributed by atoms with Crippen molar-refractivity contribution in [3.05, 3.63) is 53.4 Å². The number of carbonyl (C=O) groups excluding carboxylic acids is 1. The zero-order valence-corrected chi connectivity index (χ0v) is 13.0. The molecule has 118 valence electrons. The van der Waals surface area contributed by atoms with Crippen molar-refractivity contribution >= 4 is 17.5 Å². The van der Waals surface area contributed by atoms with Crippen molar-refractivity contribution in [2.45, 2.75) is 18.9 Å². The number of hydrogen-bond donors (Lipinski definition) is 2. The van der Waals surface area contributed by atoms with E-state index in [0.29, 0.717) is 16.5 Å². The van der Waals surface area contributed by atoms with Crippen LogP contribution in [0.5, 0.6) is 5.75 Å². The highest BCUT2D eigenvalue weighted by Crippen LogP contribution is 2.19. The molecule has 0 aliphatic rings. The molecule has 0 saturated carbocycles. The van der Waals surface area contributed by atoms with E-state index in [2.05, 4.69) is 5.32 Å². The van der Waals surface area contributed by atoms with E-state index in [1.165, 1.54) is 6.26 Å². The second-order valence-corrected chi connectivity index (χ2v) is 5.52. The molecule has 5 nitrogen and oxygen atoms in total. The monoisotopic (exact) mass is 323 g/mol. The molecule has 22 heavy (non-hydrogen) atoms. The van der Waals surface area contributed by atoms with Crippen molar-refractivity contribution in [1.29, 1.82) is 0 Å². The minimum Gasteiger partial charge on any atom is -0.493 e. The van der Waals surface area contributed by atoms with Gasteiger partial charge in [0.05, 0.1) is 25.8 Å². The van der Waals surface area contributed by atoms with Crippen molar-refractivity contribution in [1.82, 2.24) is 5.32 Å². The number of halogens is 1. The molecular formula is C16H18ClNO4. The third-order valence-corrected chi connectivity index (χ3v) is 3.35. The van der Waals surface area contributed by atoms with Crippen molar-refractivity contribution < 1.29 is 19.1 Å². The molecule has 0 aliphatic heterocycles. The van der Waals surface area contributed by atoms with Gasteiger partial charge < -0.3 is 19.6 Å². The van der Waals surface area contributed by atoms with Crippen LogP contribution in [0.4, 0.5) is 0 Å². The predicted octanol–water partition coefficient (Wildman–Crippen LogP) is 2.73. The number of benzene rings is 1. The van der Waals surface area contributed by atoms with Crippen molar-refractivity contribution in [3.8, 4) is 5.75 Å². The minimum absolute atomic E-state index is 0.0697. The van der Waals surface area contributed by atoms with E-state index in [1.807, 2.05) is 0 Å². The van der Waals surface area contributed by atoms with Gasteiger partial charge in [-0.25, -0.2) is 0 Å². The Morgan fingerprint density at radius 1 is 1.36 bits per heavy atom. The van der Waals surface area contributed by atoms with Gasteiger partial charge in [-0.2, -0.15) is 0 Å². The highest BCUT2D eigenvalue weighted by molar-refractivity contribution is 6.30. The van der Waals surface area contributed by atoms with Gasteiger partial charge in [0.15, 0.2) is 0 Å². The molecule has 0 radical (unpaired) electrons. The van der Waals surface area contributed by atoms with Crippen molar-refractivity contribution in [2.24, 2.45) is 0 Å². The number of rotatable bonds is 7. The molecule has 1 heterocycles. The Labute approximate surface area is 133 Å². The molecule has 2 N–H and O–H groups in total. The zero-order valence-electron chi connectivity index (χ0n) is 12.2. The Morgan fingerprint density at radius 3 is 2.73 bits per heavy atom. The molecular weight excluding hydrogens is 306 g/mol. The lowest BCUT2D eigenvalue weighted by atomic mass is 10.0. The van der Waals surface area contributed by atoms with Crippen LogP contribution in [-0.4, -0.2) is 24.2 Å². The minimum atomic E-state index is -1.24. The normalized spacial score (nSPS) is 13.4. The number of aliphatic hydroxyl groups is 1. The molecule has 1 amide bonds. The highest BCUT2D eigenvalue weighted by Gasteiger charge is 2.26. The van der Waals surface area contributed by atoms with Gasteiger partial charge in [-0.3, -0.25) is 4.79 Å². The lowest BCUT2D eigenvalue weighted by Gasteiger charge is -2.21. The van der Waals surface area contributed by atoms with Crippen LogP contribution in [0.2, 0.25) is 5.02 Å². The molecule has 0 saturated heterocycles. The van der Waals surface area contributed by atoms with E-state index in [0.717, 1.165) is 0 Å². The topological polar surface area (TPSA) is 71.7 Å². The van der Waals surface area contributed by atoms with Crippen LogP contribution in [0.3, 0.4) is 0 Å². The largest absolute Gasteiger partial charge is 0.493 e. The number of furan rings is 1. The maximum atomic E-state index is 11.7. The molecule has 0 aliphatic carbocycles. The first-order valence-corrected chi connectivity index (χ1v) is 7.26. The predicted molar refractivity (Wildman–Crippen MR) is 82.9 cm³/mol. The van der Waals surface area contributed by atoms with Crippen LogP contribution in [-0.2, 0) is 10.4 Å². The van der Waals surface area contributed by atoms with Crippen LogP contribution in [0.1, 0.15) is 19.1 Å². The van der Waals surface area contributed by atoms with Gasteiger partial charge >= 0.3 is 0 Å². The number of hydrogen-bond acceptors (Lipinski definition) is 4. The fourth-order valence-electron chi connectivity index (χ4n) is 1.82. The molecule has 0 fully saturated rings. The summed E-state index contributed by atoms with van der Waals surface area (Å²) in [5.41, 5.74) is -1.24. The lowest BCUT2D eigenvalue weighted by molar-refractivity contribution is -0.122. The summed E-state index contributed by atoms with van der Waals surface area (Å²) in [4.78, 5) is 11.7. The molecule has 2 rings (SSSR count). The second kappa shape index (κ2) is 7.33. The van der Waals surface area contributed by atoms with Gasteiger partial charge in [-0.1, -0.05) is 11.6 Å². The summed E-state index contributed by atoms with van der Waals surface area (Å²) in [5, 5.41) is 13.5. The van der Waals surface area contributed by atoms with Gasteiger partial charge in [-0.15, -0.1) is 0 Å². The number of ether oxygens (including phenoxy) is 1. The third kappa shape index (κ3) is 4.79. The van der Waals surface area contributed by atoms with Crippen molar-refractivity contribution in [2.75, 3.05) is 13.2 Å². The molecule has 0 bridgehead atoms. The molecule has 1 unspecified atom stereocenters. The quantitative estimate of drug-likeness (QED) is 0.822. The highest BCUT2D eigenvalue weighted by atomic mass is 35.5. The van der Waals surface area contributed by atoms with Gasteiger partial charge in [0.25, 0.3) is 0 Å². The average Bonchev–Trinajstić information content (AvgIpc) is 3.02. The van der Waals surface area contributed by atoms with Gasteiger partial charge in [-0.05, 0) is 43.3 Å². The number of carbonyl (C=O) groups is 1. The Bertz CT molecular complexity index is 593. The van der Waals surface area contributed by atoms with E-state index in [1.54, 1.807) is 43.3 Å². The van der Waals surface area contributed by atoms with Crippen LogP contribution in [0.25, 0.3) is 0 Å². The summed E-state index contributed by atoms with van der Waals surface area (Å²) in [6.07, 6.45) is 1.67. The first kappa shape index (κ1) is 16.4. The molecule has 6 heteroatoms. The second-order valence-electron chi connectivity index (χ2n) is 5.08. The number of amides is 1. The smallest absolute Gasteiger partial charge is 0.223 e. The van der Waals surface area contributed by atoms with Gasteiger partial charge in [0.2, 0.25) is 5.91 Å². The fraction of sp³-hybridized carbons (Fsp3) is 0.312. The Hall–Kier alpha value is -1.98. The molecule has 1 aromatic heterocycles. The van der Waals surface area contributed by atoms with Crippen LogP contribution >= 0.6 is 11.6 Å². The lowest BCUT2D eigenvalue weighted by Crippen LogP contribution is -2.38. The summed E-state index contributed by atoms with van der Waals surface area (Å²) >= 11 is 5.77. The van der Waals surface area contributed by atoms with Crippen LogP contribution in [0, 0.1) is 0 Å². The first-order chi connectivity index (χ1) is 10.5. The summed E-state index contributed by atoms with van der Waals surface area (Å²) in [5.74, 6) is 0.853. The fourth-order valence-corrected chi connectivity index (χ4v) is 1.95. The average molecular weight is 324 g/mol. The van der Waals surface area contributed by atoms with E-state index < -0.39 is 5.60 Å². The van der Waals surface area contributed by atoms with E-state index >= 15 is 0 Å². The van der Waals surface area contributed by atoms with E-state index in [4.69, 9.17) is 20.8 Å². The molecule has 0 spiro atoms. The Kier molecular flexibility index (Phi) is 5.46. The summed E-state index contributed by atoms with van der Waals surface area (Å²) in [6.45, 7) is 1.90. The van der Waals surface area contributed by atoms with Gasteiger partial charge in [0, 0.05) is 5.02 Å². The molecule has 1 aromatic carbocycles. The van der Waals surface area contributed by atoms with Crippen molar-refractivity contribution in [3.63, 3.8) is 0 Å². The maximum absolute atomic E-state index is 11.7. The molecule has 2 aromatic rings. The van der Waals surface area contributed by atoms with Crippen LogP contribution in [0.15, 0.2) is 47.1 Å². The first-order valence-electron chi connectivity index (χ1n) is 6.89. The molecule has 1 atom stereocenters. The number of nitrogens with one attached hydrogen (secondary N) is 1. The van der Waals surface area contributed by atoms with Crippen LogP contribution < -0.4 is 10.1 Å². The Balaban J connectivity index is 1.71. The summed E-state index contributed by atoms with van der Waals surface area (Å²) in [6, 6.07) is 10.3. The van der Waals surface area contributed by atoms with E-state index in [-0.39, 0.29) is 25.5 Å². The van der Waals surface area contributed by atoms with E-state index in [9.17, 15) is 9.90 Å². The Morgan fingerprint density at radius 2 is 2.09 bits per heavy atom. The SMILES string of the molecule is CC(O)(CNC(=O)CCOc1ccc(Cl)cc1)c1ccco1. The third-order valence-electron chi connectivity index (χ3n) is 3.09. The maximum Gasteiger partial charge on any atom is 0.223 e. The zero-order chi connectivity index (χ0) is 16.0. The standard InChI is InChI=1S/C16H18ClNO4/c1-16(20,14-3-2-9-22-14)11-18-15(19)8-10-21-13-6-4-12(17)5-7-13/h2-7,9,20H,8,10-11H2,1H3,(H,18,19). The summed E-state index contributed by atoms with van der Waals surface area (Å²) in [7, 11) is 0. The van der Waals surface area contributed by atoms with Gasteiger partial charge in [0.1, 0.15) is 17.1 Å².